The molecule has 23 heavy (non-hydrogen) atoms. The maximum absolute atomic E-state index is 12.3. The Morgan fingerprint density at radius 3 is 2.96 bits per heavy atom. The van der Waals surface area contributed by atoms with Crippen molar-refractivity contribution in [2.24, 2.45) is 0 Å². The van der Waals surface area contributed by atoms with Crippen LogP contribution in [0, 0.1) is 6.92 Å². The van der Waals surface area contributed by atoms with Gasteiger partial charge in [-0.3, -0.25) is 4.79 Å². The van der Waals surface area contributed by atoms with Crippen LogP contribution < -0.4 is 4.74 Å². The summed E-state index contributed by atoms with van der Waals surface area (Å²) in [6, 6.07) is 8.76. The van der Waals surface area contributed by atoms with Crippen LogP contribution in [0.5, 0.6) is 11.5 Å². The highest BCUT2D eigenvalue weighted by Gasteiger charge is 2.15. The predicted octanol–water partition coefficient (Wildman–Crippen LogP) is 4.23. The summed E-state index contributed by atoms with van der Waals surface area (Å²) in [5, 5.41) is 9.84. The molecule has 0 amide bonds. The zero-order valence-electron chi connectivity index (χ0n) is 12.5. The highest BCUT2D eigenvalue weighted by molar-refractivity contribution is 9.10. The van der Waals surface area contributed by atoms with E-state index >= 15 is 0 Å². The first-order chi connectivity index (χ1) is 11.0. The van der Waals surface area contributed by atoms with Crippen molar-refractivity contribution >= 4 is 27.8 Å². The molecule has 0 unspecified atom stereocenters. The van der Waals surface area contributed by atoms with Gasteiger partial charge in [-0.1, -0.05) is 27.6 Å². The smallest absolute Gasteiger partial charge is 0.189 e. The molecule has 1 aliphatic heterocycles. The van der Waals surface area contributed by atoms with Gasteiger partial charge in [-0.05, 0) is 43.3 Å². The topological polar surface area (TPSA) is 55.8 Å². The standard InChI is InChI=1S/C18H15BrO4/c1-11-2-4-16(20)15(6-11)17(21)5-3-12-7-14(19)8-13-9-22-10-23-18(12)13/h2-8,20H,9-10H2,1H3. The predicted molar refractivity (Wildman–Crippen MR) is 90.6 cm³/mol. The minimum Gasteiger partial charge on any atom is -0.507 e. The molecule has 0 fully saturated rings. The van der Waals surface area contributed by atoms with Gasteiger partial charge in [-0.25, -0.2) is 0 Å². The second-order valence-corrected chi connectivity index (χ2v) is 6.23. The van der Waals surface area contributed by atoms with Gasteiger partial charge in [-0.15, -0.1) is 0 Å². The summed E-state index contributed by atoms with van der Waals surface area (Å²) in [6.45, 7) is 2.54. The van der Waals surface area contributed by atoms with Gasteiger partial charge < -0.3 is 14.6 Å². The molecule has 0 saturated carbocycles. The summed E-state index contributed by atoms with van der Waals surface area (Å²) >= 11 is 3.44. The molecule has 0 atom stereocenters. The second-order valence-electron chi connectivity index (χ2n) is 5.31. The van der Waals surface area contributed by atoms with E-state index in [1.807, 2.05) is 19.1 Å². The number of phenols is 1. The van der Waals surface area contributed by atoms with Gasteiger partial charge in [0.25, 0.3) is 0 Å². The van der Waals surface area contributed by atoms with E-state index in [1.54, 1.807) is 18.2 Å². The molecule has 1 aliphatic rings. The maximum atomic E-state index is 12.3. The van der Waals surface area contributed by atoms with E-state index in [4.69, 9.17) is 9.47 Å². The van der Waals surface area contributed by atoms with E-state index in [2.05, 4.69) is 15.9 Å². The van der Waals surface area contributed by atoms with Gasteiger partial charge in [0.1, 0.15) is 11.5 Å². The lowest BCUT2D eigenvalue weighted by molar-refractivity contribution is -0.0165. The van der Waals surface area contributed by atoms with Crippen molar-refractivity contribution in [1.29, 1.82) is 0 Å². The van der Waals surface area contributed by atoms with Crippen LogP contribution in [0.25, 0.3) is 6.08 Å². The van der Waals surface area contributed by atoms with Crippen molar-refractivity contribution in [2.75, 3.05) is 6.79 Å². The molecule has 0 saturated heterocycles. The third kappa shape index (κ3) is 3.46. The molecule has 1 heterocycles. The molecule has 0 aliphatic carbocycles. The average molecular weight is 375 g/mol. The van der Waals surface area contributed by atoms with Crippen LogP contribution in [-0.2, 0) is 11.3 Å². The Hall–Kier alpha value is -2.11. The normalized spacial score (nSPS) is 13.7. The molecular formula is C18H15BrO4. The fraction of sp³-hybridized carbons (Fsp3) is 0.167. The van der Waals surface area contributed by atoms with Crippen LogP contribution in [0.4, 0.5) is 0 Å². The summed E-state index contributed by atoms with van der Waals surface area (Å²) in [5.74, 6) is 0.440. The number of benzene rings is 2. The Kier molecular flexibility index (Phi) is 4.50. The van der Waals surface area contributed by atoms with Crippen molar-refractivity contribution in [3.05, 3.63) is 63.1 Å². The largest absolute Gasteiger partial charge is 0.507 e. The van der Waals surface area contributed by atoms with Crippen molar-refractivity contribution in [3.8, 4) is 11.5 Å². The number of ether oxygens (including phenoxy) is 2. The summed E-state index contributed by atoms with van der Waals surface area (Å²) in [4.78, 5) is 12.3. The number of rotatable bonds is 3. The highest BCUT2D eigenvalue weighted by atomic mass is 79.9. The van der Waals surface area contributed by atoms with Gasteiger partial charge in [0.15, 0.2) is 12.6 Å². The van der Waals surface area contributed by atoms with Gasteiger partial charge in [0.2, 0.25) is 0 Å². The van der Waals surface area contributed by atoms with E-state index in [1.165, 1.54) is 12.1 Å². The lowest BCUT2D eigenvalue weighted by Crippen LogP contribution is -2.12. The highest BCUT2D eigenvalue weighted by Crippen LogP contribution is 2.32. The fourth-order valence-electron chi connectivity index (χ4n) is 2.43. The van der Waals surface area contributed by atoms with Crippen molar-refractivity contribution < 1.29 is 19.4 Å². The lowest BCUT2D eigenvalue weighted by Gasteiger charge is -2.20. The van der Waals surface area contributed by atoms with E-state index in [0.717, 1.165) is 26.9 Å². The number of fused-ring (bicyclic) bond motifs is 1. The number of phenolic OH excluding ortho intramolecular Hbond substituents is 1. The van der Waals surface area contributed by atoms with E-state index in [0.29, 0.717) is 6.61 Å². The van der Waals surface area contributed by atoms with Gasteiger partial charge in [0, 0.05) is 15.6 Å². The third-order valence-electron chi connectivity index (χ3n) is 3.54. The molecule has 5 heteroatoms. The fourth-order valence-corrected chi connectivity index (χ4v) is 2.96. The molecule has 1 N–H and O–H groups in total. The maximum Gasteiger partial charge on any atom is 0.189 e. The van der Waals surface area contributed by atoms with Crippen molar-refractivity contribution in [1.82, 2.24) is 0 Å². The van der Waals surface area contributed by atoms with Crippen LogP contribution in [0.3, 0.4) is 0 Å². The number of carbonyl (C=O) groups is 1. The molecule has 0 spiro atoms. The minimum atomic E-state index is -0.257. The molecule has 4 nitrogen and oxygen atoms in total. The molecule has 2 aromatic rings. The number of aryl methyl sites for hydroxylation is 1. The Bertz CT molecular complexity index is 796. The monoisotopic (exact) mass is 374 g/mol. The van der Waals surface area contributed by atoms with Crippen LogP contribution >= 0.6 is 15.9 Å². The minimum absolute atomic E-state index is 0.0221. The Morgan fingerprint density at radius 1 is 1.30 bits per heavy atom. The van der Waals surface area contributed by atoms with E-state index < -0.39 is 0 Å². The molecule has 118 valence electrons. The van der Waals surface area contributed by atoms with Gasteiger partial charge in [-0.2, -0.15) is 0 Å². The van der Waals surface area contributed by atoms with Crippen LogP contribution in [0.15, 0.2) is 40.9 Å². The quantitative estimate of drug-likeness (QED) is 0.645. The number of ketones is 1. The molecular weight excluding hydrogens is 360 g/mol. The molecule has 0 radical (unpaired) electrons. The van der Waals surface area contributed by atoms with E-state index in [-0.39, 0.29) is 23.9 Å². The van der Waals surface area contributed by atoms with Crippen LogP contribution in [0.1, 0.15) is 27.0 Å². The summed E-state index contributed by atoms with van der Waals surface area (Å²) in [5.41, 5.74) is 2.92. The molecule has 2 aromatic carbocycles. The van der Waals surface area contributed by atoms with E-state index in [9.17, 15) is 9.90 Å². The lowest BCUT2D eigenvalue weighted by atomic mass is 10.0. The molecule has 0 bridgehead atoms. The first kappa shape index (κ1) is 15.8. The van der Waals surface area contributed by atoms with Crippen molar-refractivity contribution in [2.45, 2.75) is 13.5 Å². The Labute approximate surface area is 142 Å². The molecule has 3 rings (SSSR count). The number of carbonyl (C=O) groups excluding carboxylic acids is 1. The first-order valence-corrected chi connectivity index (χ1v) is 7.89. The zero-order chi connectivity index (χ0) is 16.4. The third-order valence-corrected chi connectivity index (χ3v) is 3.99. The summed E-state index contributed by atoms with van der Waals surface area (Å²) in [6.07, 6.45) is 3.13. The summed E-state index contributed by atoms with van der Waals surface area (Å²) < 4.78 is 11.7. The number of aromatic hydroxyl groups is 1. The summed E-state index contributed by atoms with van der Waals surface area (Å²) in [7, 11) is 0. The first-order valence-electron chi connectivity index (χ1n) is 7.09. The average Bonchev–Trinajstić information content (AvgIpc) is 2.54. The Balaban J connectivity index is 1.92. The Morgan fingerprint density at radius 2 is 2.13 bits per heavy atom. The molecule has 0 aromatic heterocycles. The van der Waals surface area contributed by atoms with Crippen LogP contribution in [0.2, 0.25) is 0 Å². The van der Waals surface area contributed by atoms with Crippen molar-refractivity contribution in [3.63, 3.8) is 0 Å². The van der Waals surface area contributed by atoms with Gasteiger partial charge >= 0.3 is 0 Å². The number of allylic oxidation sites excluding steroid dienone is 1. The number of halogens is 1. The SMILES string of the molecule is Cc1ccc(O)c(C(=O)C=Cc2cc(Br)cc3c2OCOC3)c1. The number of hydrogen-bond acceptors (Lipinski definition) is 4. The second kappa shape index (κ2) is 6.56. The number of hydrogen-bond donors (Lipinski definition) is 1. The van der Waals surface area contributed by atoms with Crippen LogP contribution in [-0.4, -0.2) is 17.7 Å². The van der Waals surface area contributed by atoms with Gasteiger partial charge in [0.05, 0.1) is 12.2 Å². The zero-order valence-corrected chi connectivity index (χ0v) is 14.1.